The van der Waals surface area contributed by atoms with Gasteiger partial charge < -0.3 is 4.74 Å². The molecule has 0 radical (unpaired) electrons. The molecular formula is C10H13ClN2O2. The van der Waals surface area contributed by atoms with Gasteiger partial charge >= 0.3 is 5.97 Å². The summed E-state index contributed by atoms with van der Waals surface area (Å²) in [6, 6.07) is 0. The van der Waals surface area contributed by atoms with Gasteiger partial charge in [-0.3, -0.25) is 4.79 Å². The van der Waals surface area contributed by atoms with Crippen molar-refractivity contribution in [3.63, 3.8) is 0 Å². The molecule has 0 heterocycles. The monoisotopic (exact) mass is 228 g/mol. The molecule has 0 aromatic carbocycles. The van der Waals surface area contributed by atoms with E-state index in [-0.39, 0.29) is 17.8 Å². The predicted molar refractivity (Wildman–Crippen MR) is 57.2 cm³/mol. The molecule has 0 unspecified atom stereocenters. The van der Waals surface area contributed by atoms with E-state index in [1.54, 1.807) is 6.92 Å². The van der Waals surface area contributed by atoms with Crippen LogP contribution in [-0.4, -0.2) is 13.1 Å². The highest BCUT2D eigenvalue weighted by Crippen LogP contribution is 2.44. The largest absolute Gasteiger partial charge is 0.469 e. The van der Waals surface area contributed by atoms with Crippen LogP contribution >= 0.6 is 11.6 Å². The Morgan fingerprint density at radius 3 is 2.80 bits per heavy atom. The van der Waals surface area contributed by atoms with Gasteiger partial charge in [0, 0.05) is 11.0 Å². The number of allylic oxidation sites excluding steroid dienone is 2. The van der Waals surface area contributed by atoms with E-state index in [9.17, 15) is 4.79 Å². The second kappa shape index (κ2) is 5.07. The number of rotatable bonds is 4. The molecule has 4 nitrogen and oxygen atoms in total. The van der Waals surface area contributed by atoms with Crippen LogP contribution in [0.4, 0.5) is 0 Å². The van der Waals surface area contributed by atoms with Crippen LogP contribution in [0.2, 0.25) is 0 Å². The minimum Gasteiger partial charge on any atom is -0.469 e. The average molecular weight is 229 g/mol. The molecule has 0 N–H and O–H groups in total. The maximum Gasteiger partial charge on any atom is 0.309 e. The number of esters is 1. The predicted octanol–water partition coefficient (Wildman–Crippen LogP) is 2.86. The van der Waals surface area contributed by atoms with E-state index in [1.165, 1.54) is 13.3 Å². The van der Waals surface area contributed by atoms with Crippen molar-refractivity contribution in [1.82, 2.24) is 0 Å². The van der Waals surface area contributed by atoms with E-state index in [0.717, 1.165) is 6.42 Å². The second-order valence-electron chi connectivity index (χ2n) is 3.39. The van der Waals surface area contributed by atoms with Crippen LogP contribution in [0.15, 0.2) is 33.7 Å². The van der Waals surface area contributed by atoms with Crippen LogP contribution in [0.25, 0.3) is 0 Å². The Hall–Kier alpha value is -1.16. The zero-order valence-electron chi connectivity index (χ0n) is 8.74. The van der Waals surface area contributed by atoms with Gasteiger partial charge in [-0.25, -0.2) is 0 Å². The summed E-state index contributed by atoms with van der Waals surface area (Å²) in [7, 11) is 1.38. The third-order valence-corrected chi connectivity index (χ3v) is 2.24. The summed E-state index contributed by atoms with van der Waals surface area (Å²) in [4.78, 5) is 11.1. The van der Waals surface area contributed by atoms with E-state index in [2.05, 4.69) is 21.5 Å². The number of carbonyl (C=O) groups excluding carboxylic acids is 1. The topological polar surface area (TPSA) is 51.0 Å². The fourth-order valence-corrected chi connectivity index (χ4v) is 1.28. The van der Waals surface area contributed by atoms with E-state index in [1.807, 2.05) is 0 Å². The Balaban J connectivity index is 2.42. The van der Waals surface area contributed by atoms with Gasteiger partial charge in [-0.2, -0.15) is 10.2 Å². The average Bonchev–Trinajstić information content (AvgIpc) is 2.95. The lowest BCUT2D eigenvalue weighted by atomic mass is 10.3. The molecule has 0 amide bonds. The number of methoxy groups -OCH3 is 1. The molecule has 0 aromatic heterocycles. The zero-order valence-corrected chi connectivity index (χ0v) is 9.49. The van der Waals surface area contributed by atoms with E-state index in [4.69, 9.17) is 11.6 Å². The summed E-state index contributed by atoms with van der Waals surface area (Å²) in [6.45, 7) is 5.45. The van der Waals surface area contributed by atoms with Crippen molar-refractivity contribution >= 4 is 17.6 Å². The molecule has 0 aromatic rings. The highest BCUT2D eigenvalue weighted by atomic mass is 35.5. The van der Waals surface area contributed by atoms with Crippen molar-refractivity contribution in [2.75, 3.05) is 7.11 Å². The number of hydrogen-bond acceptors (Lipinski definition) is 4. The number of ether oxygens (including phenoxy) is 1. The van der Waals surface area contributed by atoms with Gasteiger partial charge in [0.2, 0.25) is 0 Å². The molecule has 0 bridgehead atoms. The van der Waals surface area contributed by atoms with Crippen molar-refractivity contribution in [3.8, 4) is 0 Å². The summed E-state index contributed by atoms with van der Waals surface area (Å²) in [5, 5.41) is 8.13. The van der Waals surface area contributed by atoms with Gasteiger partial charge in [-0.1, -0.05) is 18.2 Å². The molecule has 1 aliphatic carbocycles. The van der Waals surface area contributed by atoms with Gasteiger partial charge in [0.1, 0.15) is 0 Å². The van der Waals surface area contributed by atoms with Crippen LogP contribution in [-0.2, 0) is 9.53 Å². The number of carbonyl (C=O) groups is 1. The summed E-state index contributed by atoms with van der Waals surface area (Å²) in [6.07, 6.45) is 2.18. The van der Waals surface area contributed by atoms with Crippen LogP contribution in [0, 0.1) is 11.8 Å². The van der Waals surface area contributed by atoms with Crippen LogP contribution < -0.4 is 0 Å². The van der Waals surface area contributed by atoms with Crippen LogP contribution in [0.5, 0.6) is 0 Å². The molecular weight excluding hydrogens is 216 g/mol. The third-order valence-electron chi connectivity index (χ3n) is 2.14. The van der Waals surface area contributed by atoms with Gasteiger partial charge in [0.25, 0.3) is 0 Å². The van der Waals surface area contributed by atoms with Crippen LogP contribution in [0.1, 0.15) is 13.3 Å². The van der Waals surface area contributed by atoms with Gasteiger partial charge in [-0.05, 0) is 13.3 Å². The normalized spacial score (nSPS) is 25.4. The van der Waals surface area contributed by atoms with Crippen molar-refractivity contribution in [2.45, 2.75) is 13.3 Å². The smallest absolute Gasteiger partial charge is 0.309 e. The Kier molecular flexibility index (Phi) is 4.03. The van der Waals surface area contributed by atoms with Crippen molar-refractivity contribution < 1.29 is 9.53 Å². The maximum absolute atomic E-state index is 11.1. The Labute approximate surface area is 93.7 Å². The molecule has 15 heavy (non-hydrogen) atoms. The SMILES string of the molecule is C=C(/N=N\C=C(/C)Cl)[C@H]1C[C@@H]1C(=O)OC. The molecule has 0 saturated heterocycles. The summed E-state index contributed by atoms with van der Waals surface area (Å²) >= 11 is 5.56. The Bertz CT molecular complexity index is 332. The molecule has 1 fully saturated rings. The van der Waals surface area contributed by atoms with E-state index < -0.39 is 0 Å². The number of halogens is 1. The van der Waals surface area contributed by atoms with E-state index in [0.29, 0.717) is 10.7 Å². The first-order valence-electron chi connectivity index (χ1n) is 4.56. The standard InChI is InChI=1S/C10H13ClN2O2/c1-6(11)5-12-13-7(2)8-4-9(8)10(14)15-3/h5,8-9H,2,4H2,1,3H3/b6-5+,13-12-/t8-,9+/m1/s1. The molecule has 0 aliphatic heterocycles. The zero-order chi connectivity index (χ0) is 11.4. The minimum absolute atomic E-state index is 0.0743. The quantitative estimate of drug-likeness (QED) is 0.549. The molecule has 1 rings (SSSR count). The van der Waals surface area contributed by atoms with Crippen molar-refractivity contribution in [1.29, 1.82) is 0 Å². The lowest BCUT2D eigenvalue weighted by Gasteiger charge is -1.96. The molecule has 5 heteroatoms. The minimum atomic E-state index is -0.208. The van der Waals surface area contributed by atoms with Gasteiger partial charge in [-0.15, -0.1) is 0 Å². The van der Waals surface area contributed by atoms with Gasteiger partial charge in [0.05, 0.1) is 24.9 Å². The first kappa shape index (κ1) is 11.9. The second-order valence-corrected chi connectivity index (χ2v) is 3.99. The number of nitrogens with zero attached hydrogens (tertiary/aromatic N) is 2. The fourth-order valence-electron chi connectivity index (χ4n) is 1.23. The first-order chi connectivity index (χ1) is 7.06. The van der Waals surface area contributed by atoms with Crippen LogP contribution in [0.3, 0.4) is 0 Å². The van der Waals surface area contributed by atoms with E-state index >= 15 is 0 Å². The van der Waals surface area contributed by atoms with Gasteiger partial charge in [0.15, 0.2) is 0 Å². The molecule has 0 spiro atoms. The maximum atomic E-state index is 11.1. The molecule has 1 aliphatic rings. The number of azo groups is 1. The molecule has 82 valence electrons. The highest BCUT2D eigenvalue weighted by Gasteiger charge is 2.46. The Morgan fingerprint density at radius 2 is 2.27 bits per heavy atom. The van der Waals surface area contributed by atoms with Crippen molar-refractivity contribution in [3.05, 3.63) is 23.5 Å². The summed E-state index contributed by atoms with van der Waals surface area (Å²) < 4.78 is 4.61. The first-order valence-corrected chi connectivity index (χ1v) is 4.93. The lowest BCUT2D eigenvalue weighted by molar-refractivity contribution is -0.142. The highest BCUT2D eigenvalue weighted by molar-refractivity contribution is 6.29. The summed E-state index contributed by atoms with van der Waals surface area (Å²) in [5.74, 6) is -0.229. The third kappa shape index (κ3) is 3.47. The fraction of sp³-hybridized carbons (Fsp3) is 0.500. The molecule has 2 atom stereocenters. The lowest BCUT2D eigenvalue weighted by Crippen LogP contribution is -2.04. The molecule has 1 saturated carbocycles. The van der Waals surface area contributed by atoms with Crippen molar-refractivity contribution in [2.24, 2.45) is 22.1 Å². The number of hydrogen-bond donors (Lipinski definition) is 0. The Morgan fingerprint density at radius 1 is 1.60 bits per heavy atom. The summed E-state index contributed by atoms with van der Waals surface area (Å²) in [5.41, 5.74) is 0.597.